The fourth-order valence-electron chi connectivity index (χ4n) is 2.03. The molecular formula is C14H17N3O2. The van der Waals surface area contributed by atoms with Gasteiger partial charge in [0.15, 0.2) is 0 Å². The van der Waals surface area contributed by atoms with Crippen molar-refractivity contribution in [2.45, 2.75) is 20.8 Å². The summed E-state index contributed by atoms with van der Waals surface area (Å²) in [6, 6.07) is 5.33. The summed E-state index contributed by atoms with van der Waals surface area (Å²) in [6.07, 6.45) is 0. The highest BCUT2D eigenvalue weighted by Gasteiger charge is 2.14. The predicted octanol–water partition coefficient (Wildman–Crippen LogP) is 2.79. The van der Waals surface area contributed by atoms with Crippen LogP contribution in [0.25, 0.3) is 0 Å². The Morgan fingerprint density at radius 3 is 2.53 bits per heavy atom. The van der Waals surface area contributed by atoms with Gasteiger partial charge in [-0.15, -0.1) is 0 Å². The highest BCUT2D eigenvalue weighted by Crippen LogP contribution is 2.26. The third-order valence-corrected chi connectivity index (χ3v) is 3.17. The molecule has 0 amide bonds. The van der Waals surface area contributed by atoms with Crippen molar-refractivity contribution in [2.75, 3.05) is 5.32 Å². The van der Waals surface area contributed by atoms with Crippen LogP contribution in [-0.2, 0) is 7.05 Å². The minimum absolute atomic E-state index is 0.266. The summed E-state index contributed by atoms with van der Waals surface area (Å²) in [7, 11) is 1.86. The van der Waals surface area contributed by atoms with E-state index >= 15 is 0 Å². The second-order valence-corrected chi connectivity index (χ2v) is 4.65. The van der Waals surface area contributed by atoms with E-state index in [0.29, 0.717) is 5.69 Å². The number of aromatic carboxylic acids is 1. The van der Waals surface area contributed by atoms with E-state index in [1.807, 2.05) is 33.9 Å². The topological polar surface area (TPSA) is 67.2 Å². The molecule has 0 atom stereocenters. The van der Waals surface area contributed by atoms with Crippen LogP contribution in [0.5, 0.6) is 0 Å². The minimum Gasteiger partial charge on any atom is -0.478 e. The van der Waals surface area contributed by atoms with Gasteiger partial charge in [-0.05, 0) is 32.9 Å². The summed E-state index contributed by atoms with van der Waals surface area (Å²) in [5.41, 5.74) is 4.43. The summed E-state index contributed by atoms with van der Waals surface area (Å²) in [5, 5.41) is 16.7. The summed E-state index contributed by atoms with van der Waals surface area (Å²) in [4.78, 5) is 11.3. The third-order valence-electron chi connectivity index (χ3n) is 3.17. The number of nitrogens with one attached hydrogen (secondary N) is 1. The van der Waals surface area contributed by atoms with E-state index < -0.39 is 5.97 Å². The Balaban J connectivity index is 2.46. The average molecular weight is 259 g/mol. The maximum absolute atomic E-state index is 11.3. The number of hydrogen-bond acceptors (Lipinski definition) is 3. The van der Waals surface area contributed by atoms with Crippen LogP contribution in [0, 0.1) is 20.8 Å². The minimum atomic E-state index is -0.939. The van der Waals surface area contributed by atoms with Crippen LogP contribution in [0.15, 0.2) is 18.2 Å². The lowest BCUT2D eigenvalue weighted by atomic mass is 10.1. The van der Waals surface area contributed by atoms with E-state index in [0.717, 1.165) is 22.6 Å². The number of carbonyl (C=O) groups is 1. The molecule has 0 radical (unpaired) electrons. The first-order valence-corrected chi connectivity index (χ1v) is 6.01. The fraction of sp³-hybridized carbons (Fsp3) is 0.286. The molecule has 19 heavy (non-hydrogen) atoms. The number of rotatable bonds is 3. The van der Waals surface area contributed by atoms with Gasteiger partial charge in [0.2, 0.25) is 0 Å². The number of anilines is 2. The first-order chi connectivity index (χ1) is 8.90. The van der Waals surface area contributed by atoms with Gasteiger partial charge < -0.3 is 10.4 Å². The SMILES string of the molecule is Cc1ccc(Nc2c(C)nn(C)c2C)c(C(=O)O)c1. The number of aryl methyl sites for hydroxylation is 3. The molecule has 1 heterocycles. The van der Waals surface area contributed by atoms with Gasteiger partial charge in [0, 0.05) is 7.05 Å². The Hall–Kier alpha value is -2.30. The molecule has 0 bridgehead atoms. The fourth-order valence-corrected chi connectivity index (χ4v) is 2.03. The molecule has 0 unspecified atom stereocenters. The zero-order valence-corrected chi connectivity index (χ0v) is 11.5. The highest BCUT2D eigenvalue weighted by molar-refractivity contribution is 5.95. The second kappa shape index (κ2) is 4.76. The van der Waals surface area contributed by atoms with Crippen molar-refractivity contribution >= 4 is 17.3 Å². The molecule has 5 heteroatoms. The van der Waals surface area contributed by atoms with Crippen LogP contribution in [0.3, 0.4) is 0 Å². The summed E-state index contributed by atoms with van der Waals surface area (Å²) < 4.78 is 1.77. The molecule has 1 aromatic heterocycles. The molecule has 0 spiro atoms. The predicted molar refractivity (Wildman–Crippen MR) is 74.1 cm³/mol. The van der Waals surface area contributed by atoms with Crippen LogP contribution in [0.1, 0.15) is 27.3 Å². The van der Waals surface area contributed by atoms with E-state index in [-0.39, 0.29) is 5.56 Å². The maximum Gasteiger partial charge on any atom is 0.337 e. The monoisotopic (exact) mass is 259 g/mol. The molecule has 0 saturated carbocycles. The largest absolute Gasteiger partial charge is 0.478 e. The molecule has 0 aliphatic rings. The van der Waals surface area contributed by atoms with E-state index in [4.69, 9.17) is 0 Å². The van der Waals surface area contributed by atoms with Gasteiger partial charge in [0.25, 0.3) is 0 Å². The molecule has 100 valence electrons. The Bertz CT molecular complexity index is 644. The van der Waals surface area contributed by atoms with E-state index in [1.165, 1.54) is 0 Å². The number of hydrogen-bond donors (Lipinski definition) is 2. The van der Waals surface area contributed by atoms with Crippen LogP contribution >= 0.6 is 0 Å². The molecule has 2 rings (SSSR count). The van der Waals surface area contributed by atoms with E-state index in [9.17, 15) is 9.90 Å². The van der Waals surface area contributed by atoms with Gasteiger partial charge in [-0.3, -0.25) is 4.68 Å². The smallest absolute Gasteiger partial charge is 0.337 e. The van der Waals surface area contributed by atoms with Gasteiger partial charge in [-0.1, -0.05) is 11.6 Å². The van der Waals surface area contributed by atoms with Crippen molar-refractivity contribution in [3.05, 3.63) is 40.7 Å². The Labute approximate surface area is 111 Å². The van der Waals surface area contributed by atoms with Crippen molar-refractivity contribution in [1.29, 1.82) is 0 Å². The Morgan fingerprint density at radius 2 is 2.00 bits per heavy atom. The van der Waals surface area contributed by atoms with Crippen LogP contribution in [-0.4, -0.2) is 20.9 Å². The van der Waals surface area contributed by atoms with Crippen LogP contribution in [0.2, 0.25) is 0 Å². The lowest BCUT2D eigenvalue weighted by Crippen LogP contribution is -2.04. The Kier molecular flexibility index (Phi) is 3.29. The number of benzene rings is 1. The number of carboxylic acid groups (broad SMARTS) is 1. The van der Waals surface area contributed by atoms with Gasteiger partial charge in [-0.2, -0.15) is 5.10 Å². The van der Waals surface area contributed by atoms with E-state index in [2.05, 4.69) is 10.4 Å². The summed E-state index contributed by atoms with van der Waals surface area (Å²) >= 11 is 0. The lowest BCUT2D eigenvalue weighted by Gasteiger charge is -2.10. The summed E-state index contributed by atoms with van der Waals surface area (Å²) in [5.74, 6) is -0.939. The van der Waals surface area contributed by atoms with Crippen molar-refractivity contribution in [1.82, 2.24) is 9.78 Å². The third kappa shape index (κ3) is 2.45. The molecular weight excluding hydrogens is 242 g/mol. The highest BCUT2D eigenvalue weighted by atomic mass is 16.4. The number of nitrogens with zero attached hydrogens (tertiary/aromatic N) is 2. The molecule has 2 N–H and O–H groups in total. The van der Waals surface area contributed by atoms with Crippen LogP contribution < -0.4 is 5.32 Å². The molecule has 0 aliphatic carbocycles. The first kappa shape index (κ1) is 13.1. The molecule has 1 aromatic carbocycles. The van der Waals surface area contributed by atoms with Gasteiger partial charge >= 0.3 is 5.97 Å². The second-order valence-electron chi connectivity index (χ2n) is 4.65. The molecule has 2 aromatic rings. The Morgan fingerprint density at radius 1 is 1.32 bits per heavy atom. The molecule has 0 fully saturated rings. The van der Waals surface area contributed by atoms with Crippen LogP contribution in [0.4, 0.5) is 11.4 Å². The van der Waals surface area contributed by atoms with Crippen molar-refractivity contribution in [3.8, 4) is 0 Å². The summed E-state index contributed by atoms with van der Waals surface area (Å²) in [6.45, 7) is 5.71. The number of aromatic nitrogens is 2. The molecule has 0 aliphatic heterocycles. The lowest BCUT2D eigenvalue weighted by molar-refractivity contribution is 0.0698. The van der Waals surface area contributed by atoms with Gasteiger partial charge in [0.05, 0.1) is 28.3 Å². The zero-order valence-electron chi connectivity index (χ0n) is 11.5. The normalized spacial score (nSPS) is 10.5. The average Bonchev–Trinajstić information content (AvgIpc) is 2.57. The number of carboxylic acids is 1. The van der Waals surface area contributed by atoms with Crippen molar-refractivity contribution < 1.29 is 9.90 Å². The van der Waals surface area contributed by atoms with E-state index in [1.54, 1.807) is 16.8 Å². The molecule has 5 nitrogen and oxygen atoms in total. The first-order valence-electron chi connectivity index (χ1n) is 6.01. The molecule has 0 saturated heterocycles. The van der Waals surface area contributed by atoms with Crippen molar-refractivity contribution in [3.63, 3.8) is 0 Å². The van der Waals surface area contributed by atoms with Crippen molar-refractivity contribution in [2.24, 2.45) is 7.05 Å². The standard InChI is InChI=1S/C14H17N3O2/c1-8-5-6-12(11(7-8)14(18)19)15-13-9(2)16-17(4)10(13)3/h5-7,15H,1-4H3,(H,18,19). The maximum atomic E-state index is 11.3. The van der Waals surface area contributed by atoms with Gasteiger partial charge in [0.1, 0.15) is 0 Å². The quantitative estimate of drug-likeness (QED) is 0.889. The van der Waals surface area contributed by atoms with Gasteiger partial charge in [-0.25, -0.2) is 4.79 Å². The zero-order chi connectivity index (χ0) is 14.2.